The summed E-state index contributed by atoms with van der Waals surface area (Å²) in [5, 5.41) is 21.8. The molecule has 0 aliphatic heterocycles. The minimum atomic E-state index is -0.760. The number of nitrogens with zero attached hydrogens (tertiary/aromatic N) is 1. The van der Waals surface area contributed by atoms with Crippen LogP contribution in [-0.2, 0) is 16.8 Å². The summed E-state index contributed by atoms with van der Waals surface area (Å²) >= 11 is 0. The van der Waals surface area contributed by atoms with Crippen LogP contribution < -0.4 is 0 Å². The van der Waals surface area contributed by atoms with Gasteiger partial charge in [-0.3, -0.25) is 4.84 Å². The van der Waals surface area contributed by atoms with E-state index in [1.54, 1.807) is 5.06 Å². The number of hydrogen-bond acceptors (Lipinski definition) is 4. The van der Waals surface area contributed by atoms with Crippen molar-refractivity contribution in [1.82, 2.24) is 5.06 Å². The van der Waals surface area contributed by atoms with Gasteiger partial charge >= 0.3 is 0 Å². The highest BCUT2D eigenvalue weighted by molar-refractivity contribution is 5.24. The molecule has 4 heteroatoms. The second-order valence-electron chi connectivity index (χ2n) is 7.13. The molecule has 25 heavy (non-hydrogen) atoms. The average molecular weight is 343 g/mol. The summed E-state index contributed by atoms with van der Waals surface area (Å²) in [5.74, 6) is 0. The third-order valence-corrected chi connectivity index (χ3v) is 4.54. The zero-order valence-electron chi connectivity index (χ0n) is 15.4. The van der Waals surface area contributed by atoms with Crippen molar-refractivity contribution in [2.24, 2.45) is 0 Å². The fraction of sp³-hybridized carbons (Fsp3) is 0.429. The second kappa shape index (κ2) is 8.59. The first-order chi connectivity index (χ1) is 11.9. The van der Waals surface area contributed by atoms with Crippen LogP contribution in [-0.4, -0.2) is 40.6 Å². The van der Waals surface area contributed by atoms with Crippen molar-refractivity contribution in [2.75, 3.05) is 19.8 Å². The topological polar surface area (TPSA) is 52.9 Å². The van der Waals surface area contributed by atoms with Gasteiger partial charge in [-0.2, -0.15) is 5.06 Å². The molecular weight excluding hydrogens is 314 g/mol. The molecule has 2 N–H and O–H groups in total. The van der Waals surface area contributed by atoms with Crippen LogP contribution in [0.1, 0.15) is 31.9 Å². The van der Waals surface area contributed by atoms with E-state index >= 15 is 0 Å². The van der Waals surface area contributed by atoms with Gasteiger partial charge in [0.25, 0.3) is 0 Å². The van der Waals surface area contributed by atoms with Crippen molar-refractivity contribution in [3.8, 4) is 0 Å². The zero-order valence-corrected chi connectivity index (χ0v) is 15.4. The summed E-state index contributed by atoms with van der Waals surface area (Å²) in [4.78, 5) is 6.13. The Labute approximate surface area is 150 Å². The van der Waals surface area contributed by atoms with Gasteiger partial charge in [-0.25, -0.2) is 0 Å². The highest BCUT2D eigenvalue weighted by atomic mass is 16.7. The van der Waals surface area contributed by atoms with Crippen LogP contribution in [0, 0.1) is 0 Å². The fourth-order valence-corrected chi connectivity index (χ4v) is 3.02. The van der Waals surface area contributed by atoms with E-state index in [4.69, 9.17) is 4.84 Å². The van der Waals surface area contributed by atoms with Crippen molar-refractivity contribution in [3.63, 3.8) is 0 Å². The first kappa shape index (κ1) is 19.6. The number of aliphatic hydroxyl groups is 2. The Hall–Kier alpha value is -1.72. The Morgan fingerprint density at radius 3 is 1.92 bits per heavy atom. The summed E-state index contributed by atoms with van der Waals surface area (Å²) in [6, 6.07) is 19.9. The lowest BCUT2D eigenvalue weighted by Gasteiger charge is -2.47. The molecule has 0 spiro atoms. The smallest absolute Gasteiger partial charge is 0.0920 e. The first-order valence-electron chi connectivity index (χ1n) is 8.68. The summed E-state index contributed by atoms with van der Waals surface area (Å²) in [7, 11) is 0. The van der Waals surface area contributed by atoms with Crippen LogP contribution in [0.2, 0.25) is 0 Å². The Balaban J connectivity index is 2.22. The summed E-state index contributed by atoms with van der Waals surface area (Å²) in [6.45, 7) is 6.02. The standard InChI is InChI=1S/C21H29NO3/c1-20(2,16-23)22(25-15-14-18-10-6-4-7-11-18)21(3,17-24)19-12-8-5-9-13-19/h4-13,23-24H,14-17H2,1-3H3. The van der Waals surface area contributed by atoms with Crippen molar-refractivity contribution >= 4 is 0 Å². The number of hydroxylamine groups is 2. The number of rotatable bonds is 9. The Morgan fingerprint density at radius 1 is 0.840 bits per heavy atom. The maximum atomic E-state index is 10.2. The minimum Gasteiger partial charge on any atom is -0.394 e. The second-order valence-corrected chi connectivity index (χ2v) is 7.13. The van der Waals surface area contributed by atoms with E-state index in [-0.39, 0.29) is 13.2 Å². The molecule has 136 valence electrons. The molecule has 0 fully saturated rings. The SMILES string of the molecule is CC(C)(CO)N(OCCc1ccccc1)C(C)(CO)c1ccccc1. The molecule has 0 saturated heterocycles. The lowest BCUT2D eigenvalue weighted by molar-refractivity contribution is -0.286. The van der Waals surface area contributed by atoms with Gasteiger partial charge in [-0.05, 0) is 38.3 Å². The molecule has 2 aromatic carbocycles. The lowest BCUT2D eigenvalue weighted by atomic mass is 9.88. The molecule has 0 radical (unpaired) electrons. The minimum absolute atomic E-state index is 0.0826. The van der Waals surface area contributed by atoms with Gasteiger partial charge in [0, 0.05) is 0 Å². The van der Waals surface area contributed by atoms with Crippen molar-refractivity contribution < 1.29 is 15.1 Å². The Bertz CT molecular complexity index is 630. The zero-order chi connectivity index (χ0) is 18.3. The predicted octanol–water partition coefficient (Wildman–Crippen LogP) is 3.14. The van der Waals surface area contributed by atoms with E-state index < -0.39 is 11.1 Å². The molecule has 2 rings (SSSR count). The average Bonchev–Trinajstić information content (AvgIpc) is 2.66. The van der Waals surface area contributed by atoms with E-state index in [9.17, 15) is 10.2 Å². The fourth-order valence-electron chi connectivity index (χ4n) is 3.02. The van der Waals surface area contributed by atoms with Crippen LogP contribution in [0.15, 0.2) is 60.7 Å². The quantitative estimate of drug-likeness (QED) is 0.687. The molecule has 0 bridgehead atoms. The molecule has 0 amide bonds. The van der Waals surface area contributed by atoms with Gasteiger partial charge < -0.3 is 10.2 Å². The third kappa shape index (κ3) is 4.67. The maximum absolute atomic E-state index is 10.2. The molecule has 2 aromatic rings. The lowest BCUT2D eigenvalue weighted by Crippen LogP contribution is -2.58. The van der Waals surface area contributed by atoms with E-state index in [0.717, 1.165) is 12.0 Å². The number of benzene rings is 2. The molecule has 1 unspecified atom stereocenters. The van der Waals surface area contributed by atoms with E-state index in [1.165, 1.54) is 5.56 Å². The van der Waals surface area contributed by atoms with Gasteiger partial charge in [0.2, 0.25) is 0 Å². The van der Waals surface area contributed by atoms with Crippen LogP contribution in [0.3, 0.4) is 0 Å². The van der Waals surface area contributed by atoms with Gasteiger partial charge in [-0.1, -0.05) is 60.7 Å². The van der Waals surface area contributed by atoms with E-state index in [2.05, 4.69) is 12.1 Å². The number of hydrogen-bond donors (Lipinski definition) is 2. The molecule has 0 aliphatic rings. The monoisotopic (exact) mass is 343 g/mol. The van der Waals surface area contributed by atoms with Gasteiger partial charge in [-0.15, -0.1) is 0 Å². The molecular formula is C21H29NO3. The molecule has 0 heterocycles. The van der Waals surface area contributed by atoms with Crippen LogP contribution in [0.5, 0.6) is 0 Å². The molecule has 0 aliphatic carbocycles. The third-order valence-electron chi connectivity index (χ3n) is 4.54. The highest BCUT2D eigenvalue weighted by Gasteiger charge is 2.43. The molecule has 1 atom stereocenters. The normalized spacial score (nSPS) is 14.5. The van der Waals surface area contributed by atoms with Gasteiger partial charge in [0.15, 0.2) is 0 Å². The van der Waals surface area contributed by atoms with Crippen LogP contribution >= 0.6 is 0 Å². The molecule has 0 aromatic heterocycles. The van der Waals surface area contributed by atoms with Crippen LogP contribution in [0.25, 0.3) is 0 Å². The van der Waals surface area contributed by atoms with Crippen LogP contribution in [0.4, 0.5) is 0 Å². The summed E-state index contributed by atoms with van der Waals surface area (Å²) in [5.41, 5.74) is 0.724. The van der Waals surface area contributed by atoms with Gasteiger partial charge in [0.05, 0.1) is 30.9 Å². The first-order valence-corrected chi connectivity index (χ1v) is 8.68. The Morgan fingerprint density at radius 2 is 1.40 bits per heavy atom. The Kier molecular flexibility index (Phi) is 6.73. The predicted molar refractivity (Wildman–Crippen MR) is 100.0 cm³/mol. The van der Waals surface area contributed by atoms with E-state index in [1.807, 2.05) is 69.3 Å². The van der Waals surface area contributed by atoms with Crippen molar-refractivity contribution in [1.29, 1.82) is 0 Å². The summed E-state index contributed by atoms with van der Waals surface area (Å²) in [6.07, 6.45) is 0.759. The largest absolute Gasteiger partial charge is 0.394 e. The van der Waals surface area contributed by atoms with E-state index in [0.29, 0.717) is 6.61 Å². The van der Waals surface area contributed by atoms with Crippen molar-refractivity contribution in [3.05, 3.63) is 71.8 Å². The highest BCUT2D eigenvalue weighted by Crippen LogP contribution is 2.34. The molecule has 4 nitrogen and oxygen atoms in total. The van der Waals surface area contributed by atoms with Gasteiger partial charge in [0.1, 0.15) is 0 Å². The summed E-state index contributed by atoms with van der Waals surface area (Å²) < 4.78 is 0. The maximum Gasteiger partial charge on any atom is 0.0920 e. The number of aliphatic hydroxyl groups excluding tert-OH is 2. The molecule has 0 saturated carbocycles. The van der Waals surface area contributed by atoms with Crippen molar-refractivity contribution in [2.45, 2.75) is 38.3 Å².